The number of rotatable bonds is 9. The van der Waals surface area contributed by atoms with Gasteiger partial charge < -0.3 is 4.84 Å². The second-order valence-corrected chi connectivity index (χ2v) is 5.07. The number of oxime groups is 1. The van der Waals surface area contributed by atoms with Gasteiger partial charge >= 0.3 is 0 Å². The minimum atomic E-state index is 0.559. The molecule has 5 heteroatoms. The fourth-order valence-corrected chi connectivity index (χ4v) is 2.11. The molecule has 0 N–H and O–H groups in total. The van der Waals surface area contributed by atoms with Crippen molar-refractivity contribution in [1.29, 1.82) is 5.26 Å². The van der Waals surface area contributed by atoms with Gasteiger partial charge in [0.1, 0.15) is 18.0 Å². The molecule has 2 rings (SSSR count). The molecule has 0 aliphatic carbocycles. The predicted molar refractivity (Wildman–Crippen MR) is 88.8 cm³/mol. The van der Waals surface area contributed by atoms with Gasteiger partial charge in [0, 0.05) is 18.2 Å². The lowest BCUT2D eigenvalue weighted by atomic mass is 10.1. The molecule has 0 amide bonds. The standard InChI is InChI=1S/C18H20N4O/c19-13-7-2-1-3-8-15-23-22-18(16-10-5-4-6-11-16)17-12-9-14-20-21-17/h4-6,9-12,14H,1-3,7-8,15H2/b22-18+. The van der Waals surface area contributed by atoms with Gasteiger partial charge in [0.05, 0.1) is 6.07 Å². The van der Waals surface area contributed by atoms with Crippen LogP contribution in [0.25, 0.3) is 0 Å². The minimum absolute atomic E-state index is 0.559. The van der Waals surface area contributed by atoms with Crippen molar-refractivity contribution in [3.05, 3.63) is 59.9 Å². The number of nitrogens with zero attached hydrogens (tertiary/aromatic N) is 4. The summed E-state index contributed by atoms with van der Waals surface area (Å²) in [6.45, 7) is 0.559. The monoisotopic (exact) mass is 308 g/mol. The highest BCUT2D eigenvalue weighted by atomic mass is 16.6. The summed E-state index contributed by atoms with van der Waals surface area (Å²) < 4.78 is 0. The lowest BCUT2D eigenvalue weighted by molar-refractivity contribution is 0.140. The zero-order valence-electron chi connectivity index (χ0n) is 13.1. The van der Waals surface area contributed by atoms with Crippen molar-refractivity contribution in [2.45, 2.75) is 32.1 Å². The van der Waals surface area contributed by atoms with Gasteiger partial charge in [-0.3, -0.25) is 0 Å². The van der Waals surface area contributed by atoms with Crippen molar-refractivity contribution in [2.24, 2.45) is 5.16 Å². The first-order valence-electron chi connectivity index (χ1n) is 7.82. The van der Waals surface area contributed by atoms with E-state index in [2.05, 4.69) is 21.4 Å². The smallest absolute Gasteiger partial charge is 0.137 e. The summed E-state index contributed by atoms with van der Waals surface area (Å²) in [6, 6.07) is 15.7. The Bertz CT molecular complexity index is 594. The Morgan fingerprint density at radius 1 is 1.04 bits per heavy atom. The third kappa shape index (κ3) is 5.87. The number of nitriles is 1. The Morgan fingerprint density at radius 2 is 1.87 bits per heavy atom. The number of unbranched alkanes of at least 4 members (excludes halogenated alkanes) is 4. The average Bonchev–Trinajstić information content (AvgIpc) is 2.62. The van der Waals surface area contributed by atoms with E-state index in [9.17, 15) is 0 Å². The van der Waals surface area contributed by atoms with Gasteiger partial charge in [0.2, 0.25) is 0 Å². The summed E-state index contributed by atoms with van der Waals surface area (Å²) in [4.78, 5) is 5.47. The van der Waals surface area contributed by atoms with Crippen LogP contribution >= 0.6 is 0 Å². The van der Waals surface area contributed by atoms with Gasteiger partial charge in [0.25, 0.3) is 0 Å². The molecule has 1 heterocycles. The summed E-state index contributed by atoms with van der Waals surface area (Å²) in [6.07, 6.45) is 6.24. The number of aromatic nitrogens is 2. The van der Waals surface area contributed by atoms with Crippen LogP contribution in [-0.4, -0.2) is 22.5 Å². The summed E-state index contributed by atoms with van der Waals surface area (Å²) in [5.41, 5.74) is 2.32. The first-order valence-corrected chi connectivity index (χ1v) is 7.82. The maximum absolute atomic E-state index is 8.48. The zero-order valence-corrected chi connectivity index (χ0v) is 13.1. The van der Waals surface area contributed by atoms with Crippen LogP contribution < -0.4 is 0 Å². The van der Waals surface area contributed by atoms with Gasteiger partial charge in [-0.1, -0.05) is 41.9 Å². The molecule has 0 bridgehead atoms. The summed E-state index contributed by atoms with van der Waals surface area (Å²) >= 11 is 0. The van der Waals surface area contributed by atoms with Crippen molar-refractivity contribution in [1.82, 2.24) is 10.2 Å². The maximum atomic E-state index is 8.48. The third-order valence-electron chi connectivity index (χ3n) is 3.29. The topological polar surface area (TPSA) is 71.2 Å². The molecule has 23 heavy (non-hydrogen) atoms. The van der Waals surface area contributed by atoms with E-state index in [-0.39, 0.29) is 0 Å². The highest BCUT2D eigenvalue weighted by Crippen LogP contribution is 2.09. The number of benzene rings is 1. The van der Waals surface area contributed by atoms with E-state index < -0.39 is 0 Å². The third-order valence-corrected chi connectivity index (χ3v) is 3.29. The molecule has 0 spiro atoms. The molecule has 0 aliphatic rings. The zero-order chi connectivity index (χ0) is 16.2. The molecule has 2 aromatic rings. The Labute approximate surface area is 136 Å². The first kappa shape index (κ1) is 16.6. The van der Waals surface area contributed by atoms with Gasteiger partial charge in [-0.15, -0.1) is 5.10 Å². The van der Waals surface area contributed by atoms with Gasteiger partial charge in [-0.25, -0.2) is 0 Å². The lowest BCUT2D eigenvalue weighted by Crippen LogP contribution is -2.07. The number of hydrogen-bond donors (Lipinski definition) is 0. The van der Waals surface area contributed by atoms with E-state index >= 15 is 0 Å². The highest BCUT2D eigenvalue weighted by molar-refractivity contribution is 6.11. The average molecular weight is 308 g/mol. The van der Waals surface area contributed by atoms with Crippen LogP contribution in [0.5, 0.6) is 0 Å². The van der Waals surface area contributed by atoms with Crippen molar-refractivity contribution < 1.29 is 4.84 Å². The fourth-order valence-electron chi connectivity index (χ4n) is 2.11. The second-order valence-electron chi connectivity index (χ2n) is 5.07. The molecule has 0 saturated heterocycles. The molecule has 0 unspecified atom stereocenters. The van der Waals surface area contributed by atoms with E-state index in [0.29, 0.717) is 24.4 Å². The summed E-state index contributed by atoms with van der Waals surface area (Å²) in [5, 5.41) is 20.8. The molecule has 1 aromatic carbocycles. The van der Waals surface area contributed by atoms with Crippen LogP contribution in [0.15, 0.2) is 53.8 Å². The van der Waals surface area contributed by atoms with Gasteiger partial charge in [-0.05, 0) is 31.4 Å². The van der Waals surface area contributed by atoms with Crippen LogP contribution in [0, 0.1) is 11.3 Å². The summed E-state index contributed by atoms with van der Waals surface area (Å²) in [5.74, 6) is 0. The lowest BCUT2D eigenvalue weighted by Gasteiger charge is -2.06. The van der Waals surface area contributed by atoms with Crippen LogP contribution in [0.3, 0.4) is 0 Å². The predicted octanol–water partition coefficient (Wildman–Crippen LogP) is 3.72. The van der Waals surface area contributed by atoms with Crippen molar-refractivity contribution in [2.75, 3.05) is 6.61 Å². The highest BCUT2D eigenvalue weighted by Gasteiger charge is 2.09. The molecule has 0 radical (unpaired) electrons. The van der Waals surface area contributed by atoms with Crippen molar-refractivity contribution in [3.8, 4) is 6.07 Å². The first-order chi connectivity index (χ1) is 11.4. The molecule has 118 valence electrons. The van der Waals surface area contributed by atoms with E-state index in [1.54, 1.807) is 6.20 Å². The largest absolute Gasteiger partial charge is 0.395 e. The van der Waals surface area contributed by atoms with Crippen LogP contribution in [-0.2, 0) is 4.84 Å². The molecule has 5 nitrogen and oxygen atoms in total. The molecule has 0 fully saturated rings. The fraction of sp³-hybridized carbons (Fsp3) is 0.333. The van der Waals surface area contributed by atoms with E-state index in [1.807, 2.05) is 42.5 Å². The Kier molecular flexibility index (Phi) is 7.28. The molecular weight excluding hydrogens is 288 g/mol. The SMILES string of the molecule is N#CCCCCCCO/N=C(\c1ccccc1)c1cccnn1. The quantitative estimate of drug-likeness (QED) is 0.402. The van der Waals surface area contributed by atoms with Crippen LogP contribution in [0.2, 0.25) is 0 Å². The van der Waals surface area contributed by atoms with Crippen molar-refractivity contribution >= 4 is 5.71 Å². The Morgan fingerprint density at radius 3 is 2.61 bits per heavy atom. The normalized spacial score (nSPS) is 11.0. The molecule has 0 aliphatic heterocycles. The molecule has 0 saturated carbocycles. The number of hydrogen-bond acceptors (Lipinski definition) is 5. The van der Waals surface area contributed by atoms with E-state index in [0.717, 1.165) is 31.2 Å². The van der Waals surface area contributed by atoms with Crippen LogP contribution in [0.1, 0.15) is 43.4 Å². The van der Waals surface area contributed by atoms with Crippen molar-refractivity contribution in [3.63, 3.8) is 0 Å². The summed E-state index contributed by atoms with van der Waals surface area (Å²) in [7, 11) is 0. The second kappa shape index (κ2) is 10.1. The maximum Gasteiger partial charge on any atom is 0.137 e. The minimum Gasteiger partial charge on any atom is -0.395 e. The molecule has 1 aromatic heterocycles. The van der Waals surface area contributed by atoms with Crippen LogP contribution in [0.4, 0.5) is 0 Å². The van der Waals surface area contributed by atoms with E-state index in [4.69, 9.17) is 10.1 Å². The Hall–Kier alpha value is -2.74. The van der Waals surface area contributed by atoms with Gasteiger partial charge in [-0.2, -0.15) is 10.4 Å². The molecule has 0 atom stereocenters. The Balaban J connectivity index is 1.92. The van der Waals surface area contributed by atoms with Gasteiger partial charge in [0.15, 0.2) is 0 Å². The van der Waals surface area contributed by atoms with E-state index in [1.165, 1.54) is 0 Å². The molecular formula is C18H20N4O.